The molecular weight excluding hydrogens is 327 g/mol. The Hall–Kier alpha value is -1.00. The summed E-state index contributed by atoms with van der Waals surface area (Å²) in [4.78, 5) is 14.4. The number of fused-ring (bicyclic) bond motifs is 1. The van der Waals surface area contributed by atoms with E-state index in [1.54, 1.807) is 17.4 Å². The van der Waals surface area contributed by atoms with E-state index in [1.165, 1.54) is 29.0 Å². The molecule has 0 spiro atoms. The van der Waals surface area contributed by atoms with Crippen LogP contribution in [0.15, 0.2) is 28.7 Å². The van der Waals surface area contributed by atoms with E-state index in [0.29, 0.717) is 10.9 Å². The van der Waals surface area contributed by atoms with E-state index in [9.17, 15) is 9.18 Å². The molecule has 0 saturated carbocycles. The largest absolute Gasteiger partial charge is 0.293 e. The Morgan fingerprint density at radius 2 is 2.16 bits per heavy atom. The van der Waals surface area contributed by atoms with Gasteiger partial charge in [-0.15, -0.1) is 11.3 Å². The zero-order valence-electron chi connectivity index (χ0n) is 10.2. The molecule has 0 aliphatic heterocycles. The van der Waals surface area contributed by atoms with E-state index in [4.69, 9.17) is 0 Å². The summed E-state index contributed by atoms with van der Waals surface area (Å²) in [5, 5.41) is 0. The van der Waals surface area contributed by atoms with Crippen LogP contribution in [0.4, 0.5) is 4.39 Å². The van der Waals surface area contributed by atoms with Crippen LogP contribution in [0, 0.1) is 5.82 Å². The molecular formula is C15H12BrFOS. The number of thiophene rings is 1. The highest BCUT2D eigenvalue weighted by Gasteiger charge is 2.19. The first-order valence-electron chi connectivity index (χ1n) is 6.22. The van der Waals surface area contributed by atoms with Crippen LogP contribution < -0.4 is 0 Å². The van der Waals surface area contributed by atoms with Gasteiger partial charge >= 0.3 is 0 Å². The standard InChI is InChI=1S/C15H12BrFOS/c16-12-8-11(17)5-4-9(12)6-13(18)15-7-10-2-1-3-14(10)19-15/h4-5,7-8H,1-3,6H2. The monoisotopic (exact) mass is 338 g/mol. The molecule has 1 aromatic heterocycles. The van der Waals surface area contributed by atoms with Gasteiger partial charge in [0.05, 0.1) is 4.88 Å². The molecule has 3 rings (SSSR count). The Balaban J connectivity index is 1.80. The van der Waals surface area contributed by atoms with Gasteiger partial charge < -0.3 is 0 Å². The predicted octanol–water partition coefficient (Wildman–Crippen LogP) is 4.56. The topological polar surface area (TPSA) is 17.1 Å². The first-order chi connectivity index (χ1) is 9.13. The van der Waals surface area contributed by atoms with Gasteiger partial charge in [0.1, 0.15) is 5.82 Å². The van der Waals surface area contributed by atoms with Crippen LogP contribution in [0.3, 0.4) is 0 Å². The maximum atomic E-state index is 13.0. The lowest BCUT2D eigenvalue weighted by Gasteiger charge is -2.03. The molecule has 1 aromatic carbocycles. The normalized spacial score (nSPS) is 13.6. The van der Waals surface area contributed by atoms with Crippen LogP contribution in [0.25, 0.3) is 0 Å². The summed E-state index contributed by atoms with van der Waals surface area (Å²) in [5.41, 5.74) is 2.17. The minimum Gasteiger partial charge on any atom is -0.293 e. The maximum Gasteiger partial charge on any atom is 0.177 e. The Morgan fingerprint density at radius 1 is 1.32 bits per heavy atom. The molecule has 0 radical (unpaired) electrons. The average molecular weight is 339 g/mol. The van der Waals surface area contributed by atoms with Gasteiger partial charge in [0, 0.05) is 15.8 Å². The highest BCUT2D eigenvalue weighted by molar-refractivity contribution is 9.10. The molecule has 0 N–H and O–H groups in total. The molecule has 1 aliphatic rings. The predicted molar refractivity (Wildman–Crippen MR) is 78.5 cm³/mol. The molecule has 1 nitrogen and oxygen atoms in total. The number of hydrogen-bond donors (Lipinski definition) is 0. The molecule has 2 aromatic rings. The van der Waals surface area contributed by atoms with Gasteiger partial charge in [-0.3, -0.25) is 4.79 Å². The Morgan fingerprint density at radius 3 is 2.89 bits per heavy atom. The van der Waals surface area contributed by atoms with Crippen LogP contribution in [0.2, 0.25) is 0 Å². The number of halogens is 2. The second-order valence-electron chi connectivity index (χ2n) is 4.75. The molecule has 0 amide bonds. The zero-order chi connectivity index (χ0) is 13.4. The first kappa shape index (κ1) is 13.0. The summed E-state index contributed by atoms with van der Waals surface area (Å²) >= 11 is 4.92. The second kappa shape index (κ2) is 5.17. The molecule has 19 heavy (non-hydrogen) atoms. The molecule has 0 unspecified atom stereocenters. The van der Waals surface area contributed by atoms with Crippen molar-refractivity contribution in [2.45, 2.75) is 25.7 Å². The minimum atomic E-state index is -0.293. The van der Waals surface area contributed by atoms with Gasteiger partial charge in [0.15, 0.2) is 5.78 Å². The van der Waals surface area contributed by atoms with E-state index in [2.05, 4.69) is 15.9 Å². The fourth-order valence-corrected chi connectivity index (χ4v) is 4.07. The third-order valence-electron chi connectivity index (χ3n) is 3.39. The highest BCUT2D eigenvalue weighted by atomic mass is 79.9. The molecule has 0 bridgehead atoms. The van der Waals surface area contributed by atoms with Gasteiger partial charge in [0.25, 0.3) is 0 Å². The van der Waals surface area contributed by atoms with Crippen molar-refractivity contribution in [3.05, 3.63) is 55.4 Å². The van der Waals surface area contributed by atoms with Gasteiger partial charge in [-0.25, -0.2) is 4.39 Å². The van der Waals surface area contributed by atoms with Gasteiger partial charge in [-0.2, -0.15) is 0 Å². The van der Waals surface area contributed by atoms with Gasteiger partial charge in [0.2, 0.25) is 0 Å². The van der Waals surface area contributed by atoms with Crippen molar-refractivity contribution in [2.75, 3.05) is 0 Å². The molecule has 1 heterocycles. The fraction of sp³-hybridized carbons (Fsp3) is 0.267. The number of ketones is 1. The van der Waals surface area contributed by atoms with Crippen LogP contribution in [-0.4, -0.2) is 5.78 Å². The van der Waals surface area contributed by atoms with Crippen molar-refractivity contribution >= 4 is 33.0 Å². The third kappa shape index (κ3) is 2.65. The van der Waals surface area contributed by atoms with E-state index < -0.39 is 0 Å². The number of carbonyl (C=O) groups excluding carboxylic acids is 1. The fourth-order valence-electron chi connectivity index (χ4n) is 2.39. The molecule has 0 fully saturated rings. The molecule has 0 saturated heterocycles. The summed E-state index contributed by atoms with van der Waals surface area (Å²) in [6, 6.07) is 6.49. The average Bonchev–Trinajstić information content (AvgIpc) is 2.93. The molecule has 98 valence electrons. The highest BCUT2D eigenvalue weighted by Crippen LogP contribution is 2.31. The van der Waals surface area contributed by atoms with Crippen LogP contribution in [0.1, 0.15) is 32.1 Å². The van der Waals surface area contributed by atoms with Crippen molar-refractivity contribution in [3.63, 3.8) is 0 Å². The van der Waals surface area contributed by atoms with E-state index >= 15 is 0 Å². The quantitative estimate of drug-likeness (QED) is 0.749. The second-order valence-corrected chi connectivity index (χ2v) is 6.74. The summed E-state index contributed by atoms with van der Waals surface area (Å²) in [6.45, 7) is 0. The lowest BCUT2D eigenvalue weighted by molar-refractivity contribution is 0.0996. The lowest BCUT2D eigenvalue weighted by atomic mass is 10.1. The Labute approximate surface area is 123 Å². The molecule has 1 aliphatic carbocycles. The summed E-state index contributed by atoms with van der Waals surface area (Å²) in [5.74, 6) is -0.176. The number of carbonyl (C=O) groups is 1. The number of Topliss-reactive ketones (excluding diaryl/α,β-unsaturated/α-hetero) is 1. The molecule has 0 atom stereocenters. The summed E-state index contributed by atoms with van der Waals surface area (Å²) in [6.07, 6.45) is 3.73. The van der Waals surface area contributed by atoms with Crippen LogP contribution in [-0.2, 0) is 19.3 Å². The van der Waals surface area contributed by atoms with Crippen molar-refractivity contribution in [3.8, 4) is 0 Å². The van der Waals surface area contributed by atoms with E-state index in [0.717, 1.165) is 23.3 Å². The van der Waals surface area contributed by atoms with Gasteiger partial charge in [-0.1, -0.05) is 22.0 Å². The van der Waals surface area contributed by atoms with E-state index in [-0.39, 0.29) is 11.6 Å². The summed E-state index contributed by atoms with van der Waals surface area (Å²) < 4.78 is 13.7. The maximum absolute atomic E-state index is 13.0. The smallest absolute Gasteiger partial charge is 0.177 e. The Kier molecular flexibility index (Phi) is 3.54. The molecule has 4 heteroatoms. The zero-order valence-corrected chi connectivity index (χ0v) is 12.6. The number of aryl methyl sites for hydroxylation is 2. The third-order valence-corrected chi connectivity index (χ3v) is 5.40. The van der Waals surface area contributed by atoms with Crippen LogP contribution >= 0.6 is 27.3 Å². The van der Waals surface area contributed by atoms with Crippen molar-refractivity contribution < 1.29 is 9.18 Å². The number of benzene rings is 1. The van der Waals surface area contributed by atoms with E-state index in [1.807, 2.05) is 6.07 Å². The first-order valence-corrected chi connectivity index (χ1v) is 7.83. The Bertz CT molecular complexity index is 626. The van der Waals surface area contributed by atoms with Crippen LogP contribution in [0.5, 0.6) is 0 Å². The van der Waals surface area contributed by atoms with Gasteiger partial charge in [-0.05, 0) is 48.6 Å². The number of hydrogen-bond acceptors (Lipinski definition) is 2. The summed E-state index contributed by atoms with van der Waals surface area (Å²) in [7, 11) is 0. The van der Waals surface area contributed by atoms with Crippen molar-refractivity contribution in [1.82, 2.24) is 0 Å². The van der Waals surface area contributed by atoms with Crippen molar-refractivity contribution in [1.29, 1.82) is 0 Å². The number of rotatable bonds is 3. The van der Waals surface area contributed by atoms with Crippen molar-refractivity contribution in [2.24, 2.45) is 0 Å². The minimum absolute atomic E-state index is 0.117. The lowest BCUT2D eigenvalue weighted by Crippen LogP contribution is -2.02. The SMILES string of the molecule is O=C(Cc1ccc(F)cc1Br)c1cc2c(s1)CCC2.